The van der Waals surface area contributed by atoms with Crippen molar-refractivity contribution in [2.75, 3.05) is 41.0 Å². The van der Waals surface area contributed by atoms with Gasteiger partial charge in [-0.25, -0.2) is 0 Å². The first-order valence-electron chi connectivity index (χ1n) is 10.0. The van der Waals surface area contributed by atoms with Crippen LogP contribution >= 0.6 is 0 Å². The number of fused-ring (bicyclic) bond motifs is 1. The lowest BCUT2D eigenvalue weighted by Gasteiger charge is -2.33. The zero-order valence-electron chi connectivity index (χ0n) is 17.3. The molecule has 0 aliphatic carbocycles. The highest BCUT2D eigenvalue weighted by Crippen LogP contribution is 2.38. The van der Waals surface area contributed by atoms with Crippen LogP contribution in [0.5, 0.6) is 17.2 Å². The molecule has 4 rings (SSSR count). The van der Waals surface area contributed by atoms with Gasteiger partial charge < -0.3 is 19.1 Å². The Labute approximate surface area is 172 Å². The Morgan fingerprint density at radius 2 is 1.66 bits per heavy atom. The van der Waals surface area contributed by atoms with Crippen LogP contribution in [-0.2, 0) is 13.0 Å². The molecule has 6 heteroatoms. The third kappa shape index (κ3) is 3.77. The van der Waals surface area contributed by atoms with Gasteiger partial charge in [0.2, 0.25) is 5.75 Å². The summed E-state index contributed by atoms with van der Waals surface area (Å²) in [6, 6.07) is 12.5. The highest BCUT2D eigenvalue weighted by Gasteiger charge is 2.33. The van der Waals surface area contributed by atoms with Crippen LogP contribution in [0.1, 0.15) is 27.9 Å². The first-order chi connectivity index (χ1) is 14.1. The van der Waals surface area contributed by atoms with E-state index in [1.54, 1.807) is 33.5 Å². The summed E-state index contributed by atoms with van der Waals surface area (Å²) in [5.41, 5.74) is 3.42. The molecule has 1 atom stereocenters. The molecule has 0 spiro atoms. The normalized spacial score (nSPS) is 19.0. The molecular formula is C23H28N2O4. The third-order valence-electron chi connectivity index (χ3n) is 6.04. The van der Waals surface area contributed by atoms with Gasteiger partial charge >= 0.3 is 0 Å². The molecular weight excluding hydrogens is 368 g/mol. The fourth-order valence-corrected chi connectivity index (χ4v) is 4.44. The van der Waals surface area contributed by atoms with Crippen molar-refractivity contribution in [1.29, 1.82) is 0 Å². The molecule has 29 heavy (non-hydrogen) atoms. The largest absolute Gasteiger partial charge is 0.493 e. The van der Waals surface area contributed by atoms with Gasteiger partial charge in [0, 0.05) is 37.8 Å². The van der Waals surface area contributed by atoms with Crippen LogP contribution in [0.15, 0.2) is 36.4 Å². The van der Waals surface area contributed by atoms with Gasteiger partial charge in [-0.15, -0.1) is 0 Å². The number of methoxy groups -OCH3 is 3. The third-order valence-corrected chi connectivity index (χ3v) is 6.04. The first kappa shape index (κ1) is 19.6. The van der Waals surface area contributed by atoms with Crippen LogP contribution in [0.25, 0.3) is 0 Å². The Morgan fingerprint density at radius 3 is 2.31 bits per heavy atom. The Bertz CT molecular complexity index is 873. The number of nitrogens with zero attached hydrogens (tertiary/aromatic N) is 2. The van der Waals surface area contributed by atoms with Crippen LogP contribution in [0, 0.1) is 0 Å². The van der Waals surface area contributed by atoms with Crippen LogP contribution in [-0.4, -0.2) is 62.7 Å². The predicted octanol–water partition coefficient (Wildman–Crippen LogP) is 2.99. The molecule has 0 radical (unpaired) electrons. The lowest BCUT2D eigenvalue weighted by Crippen LogP contribution is -2.41. The molecule has 0 aromatic heterocycles. The Kier molecular flexibility index (Phi) is 5.62. The van der Waals surface area contributed by atoms with Crippen molar-refractivity contribution in [3.05, 3.63) is 53.1 Å². The van der Waals surface area contributed by atoms with Gasteiger partial charge in [-0.3, -0.25) is 9.69 Å². The highest BCUT2D eigenvalue weighted by atomic mass is 16.5. The van der Waals surface area contributed by atoms with Crippen molar-refractivity contribution in [2.24, 2.45) is 0 Å². The summed E-state index contributed by atoms with van der Waals surface area (Å²) in [6.07, 6.45) is 2.08. The van der Waals surface area contributed by atoms with Crippen molar-refractivity contribution in [1.82, 2.24) is 9.80 Å². The topological polar surface area (TPSA) is 51.2 Å². The summed E-state index contributed by atoms with van der Waals surface area (Å²) in [6.45, 7) is 3.52. The van der Waals surface area contributed by atoms with Gasteiger partial charge in [-0.1, -0.05) is 24.3 Å². The summed E-state index contributed by atoms with van der Waals surface area (Å²) in [4.78, 5) is 17.6. The zero-order chi connectivity index (χ0) is 20.4. The van der Waals surface area contributed by atoms with Crippen LogP contribution in [0.2, 0.25) is 0 Å². The molecule has 154 valence electrons. The second-order valence-corrected chi connectivity index (χ2v) is 7.60. The molecule has 1 saturated heterocycles. The second-order valence-electron chi connectivity index (χ2n) is 7.60. The number of amides is 1. The minimum Gasteiger partial charge on any atom is -0.493 e. The van der Waals surface area contributed by atoms with Gasteiger partial charge in [0.25, 0.3) is 5.91 Å². The number of likely N-dealkylation sites (tertiary alicyclic amines) is 1. The number of hydrogen-bond donors (Lipinski definition) is 0. The van der Waals surface area contributed by atoms with E-state index >= 15 is 0 Å². The molecule has 6 nitrogen and oxygen atoms in total. The molecule has 0 saturated carbocycles. The maximum atomic E-state index is 13.2. The molecule has 2 aromatic rings. The summed E-state index contributed by atoms with van der Waals surface area (Å²) >= 11 is 0. The summed E-state index contributed by atoms with van der Waals surface area (Å²) in [7, 11) is 4.68. The number of hydrogen-bond acceptors (Lipinski definition) is 5. The lowest BCUT2D eigenvalue weighted by atomic mass is 9.98. The van der Waals surface area contributed by atoms with E-state index in [4.69, 9.17) is 14.2 Å². The Hall–Kier alpha value is -2.73. The van der Waals surface area contributed by atoms with E-state index in [-0.39, 0.29) is 5.91 Å². The average molecular weight is 396 g/mol. The molecule has 0 N–H and O–H groups in total. The highest BCUT2D eigenvalue weighted by molar-refractivity contribution is 5.96. The Balaban J connectivity index is 1.48. The van der Waals surface area contributed by atoms with Gasteiger partial charge in [0.15, 0.2) is 11.5 Å². The van der Waals surface area contributed by atoms with Gasteiger partial charge in [-0.05, 0) is 36.1 Å². The molecule has 0 unspecified atom stereocenters. The van der Waals surface area contributed by atoms with E-state index in [9.17, 15) is 4.79 Å². The van der Waals surface area contributed by atoms with Crippen molar-refractivity contribution in [2.45, 2.75) is 25.4 Å². The van der Waals surface area contributed by atoms with E-state index in [1.807, 2.05) is 4.90 Å². The van der Waals surface area contributed by atoms with Gasteiger partial charge in [-0.2, -0.15) is 0 Å². The SMILES string of the molecule is COc1cc(C(=O)N2CC[C@@H](N3CCc4ccccc4C3)C2)cc(OC)c1OC. The number of ether oxygens (including phenoxy) is 3. The number of rotatable bonds is 5. The zero-order valence-corrected chi connectivity index (χ0v) is 17.3. The smallest absolute Gasteiger partial charge is 0.254 e. The minimum atomic E-state index is 0.00385. The second kappa shape index (κ2) is 8.33. The van der Waals surface area contributed by atoms with Gasteiger partial charge in [0.05, 0.1) is 21.3 Å². The van der Waals surface area contributed by atoms with Crippen LogP contribution < -0.4 is 14.2 Å². The fourth-order valence-electron chi connectivity index (χ4n) is 4.44. The van der Waals surface area contributed by atoms with Gasteiger partial charge in [0.1, 0.15) is 0 Å². The van der Waals surface area contributed by atoms with Crippen LogP contribution in [0.4, 0.5) is 0 Å². The van der Waals surface area contributed by atoms with E-state index in [2.05, 4.69) is 29.2 Å². The van der Waals surface area contributed by atoms with E-state index in [0.29, 0.717) is 28.9 Å². The molecule has 2 aliphatic heterocycles. The molecule has 2 aliphatic rings. The standard InChI is InChI=1S/C23H28N2O4/c1-27-20-12-18(13-21(28-2)22(20)29-3)23(26)25-11-9-19(15-25)24-10-8-16-6-4-5-7-17(16)14-24/h4-7,12-13,19H,8-11,14-15H2,1-3H3/t19-/m1/s1. The first-order valence-corrected chi connectivity index (χ1v) is 10.0. The van der Waals surface area contributed by atoms with E-state index < -0.39 is 0 Å². The number of carbonyl (C=O) groups excluding carboxylic acids is 1. The lowest BCUT2D eigenvalue weighted by molar-refractivity contribution is 0.0772. The quantitative estimate of drug-likeness (QED) is 0.778. The molecule has 2 aromatic carbocycles. The van der Waals surface area contributed by atoms with Crippen molar-refractivity contribution < 1.29 is 19.0 Å². The minimum absolute atomic E-state index is 0.00385. The monoisotopic (exact) mass is 396 g/mol. The number of carbonyl (C=O) groups is 1. The molecule has 1 fully saturated rings. The van der Waals surface area contributed by atoms with E-state index in [0.717, 1.165) is 39.0 Å². The maximum absolute atomic E-state index is 13.2. The fraction of sp³-hybridized carbons (Fsp3) is 0.435. The van der Waals surface area contributed by atoms with Crippen molar-refractivity contribution in [3.8, 4) is 17.2 Å². The molecule has 0 bridgehead atoms. The van der Waals surface area contributed by atoms with E-state index in [1.165, 1.54) is 11.1 Å². The molecule has 1 amide bonds. The van der Waals surface area contributed by atoms with Crippen molar-refractivity contribution in [3.63, 3.8) is 0 Å². The molecule has 2 heterocycles. The van der Waals surface area contributed by atoms with Crippen molar-refractivity contribution >= 4 is 5.91 Å². The number of benzene rings is 2. The Morgan fingerprint density at radius 1 is 0.966 bits per heavy atom. The average Bonchev–Trinajstić information content (AvgIpc) is 3.27. The predicted molar refractivity (Wildman–Crippen MR) is 111 cm³/mol. The van der Waals surface area contributed by atoms with Crippen LogP contribution in [0.3, 0.4) is 0 Å². The summed E-state index contributed by atoms with van der Waals surface area (Å²) < 4.78 is 16.2. The summed E-state index contributed by atoms with van der Waals surface area (Å²) in [5.74, 6) is 1.50. The maximum Gasteiger partial charge on any atom is 0.254 e. The summed E-state index contributed by atoms with van der Waals surface area (Å²) in [5, 5.41) is 0.